The molecule has 0 spiro atoms. The van der Waals surface area contributed by atoms with Crippen molar-refractivity contribution in [2.75, 3.05) is 19.0 Å². The molecule has 0 N–H and O–H groups in total. The van der Waals surface area contributed by atoms with E-state index in [4.69, 9.17) is 0 Å². The zero-order valence-electron chi connectivity index (χ0n) is 18.8. The van der Waals surface area contributed by atoms with Crippen molar-refractivity contribution in [3.05, 3.63) is 82.2 Å². The molecule has 5 nitrogen and oxygen atoms in total. The van der Waals surface area contributed by atoms with Crippen LogP contribution >= 0.6 is 11.3 Å². The van der Waals surface area contributed by atoms with E-state index in [0.29, 0.717) is 3.80 Å². The molecule has 0 aliphatic carbocycles. The van der Waals surface area contributed by atoms with Gasteiger partial charge >= 0.3 is 205 Å². The zero-order chi connectivity index (χ0) is 23.5. The number of amides is 2. The van der Waals surface area contributed by atoms with Crippen molar-refractivity contribution in [3.63, 3.8) is 0 Å². The summed E-state index contributed by atoms with van der Waals surface area (Å²) in [7, 11) is 3.40. The van der Waals surface area contributed by atoms with E-state index < -0.39 is 0 Å². The predicted molar refractivity (Wildman–Crippen MR) is 135 cm³/mol. The number of carbonyl (C=O) groups is 2. The fourth-order valence-electron chi connectivity index (χ4n) is 4.49. The Morgan fingerprint density at radius 1 is 0.879 bits per heavy atom. The second kappa shape index (κ2) is 7.95. The first-order chi connectivity index (χ1) is 15.7. The number of para-hydroxylation sites is 2. The standard InChI is InChI=1S/C26H23N3O2STe/c1-26(2)19-12-8-9-13-21(19)29(16-10-6-5-7-11-16)24-20(26)15-17(32-24)14-18-22(30)27(3)25(33)28(4)23(18)31/h5-15H,1-4H3. The molecule has 2 aromatic carbocycles. The van der Waals surface area contributed by atoms with E-state index in [2.05, 4.69) is 61.2 Å². The van der Waals surface area contributed by atoms with Gasteiger partial charge in [0.05, 0.1) is 0 Å². The van der Waals surface area contributed by atoms with Crippen LogP contribution in [-0.4, -0.2) is 61.3 Å². The molecule has 2 aliphatic heterocycles. The third-order valence-electron chi connectivity index (χ3n) is 6.37. The summed E-state index contributed by atoms with van der Waals surface area (Å²) in [5, 5.41) is 1.11. The first-order valence-corrected chi connectivity index (χ1v) is 12.6. The number of hydrogen-bond acceptors (Lipinski definition) is 4. The van der Waals surface area contributed by atoms with Crippen LogP contribution < -0.4 is 4.90 Å². The molecule has 7 heteroatoms. The van der Waals surface area contributed by atoms with Crippen molar-refractivity contribution in [1.29, 1.82) is 0 Å². The van der Waals surface area contributed by atoms with Crippen LogP contribution in [0.3, 0.4) is 0 Å². The van der Waals surface area contributed by atoms with Crippen LogP contribution in [0.15, 0.2) is 66.2 Å². The maximum atomic E-state index is 12.9. The van der Waals surface area contributed by atoms with Crippen molar-refractivity contribution in [3.8, 4) is 0 Å². The Morgan fingerprint density at radius 3 is 2.15 bits per heavy atom. The molecule has 1 saturated heterocycles. The van der Waals surface area contributed by atoms with Gasteiger partial charge < -0.3 is 0 Å². The molecule has 33 heavy (non-hydrogen) atoms. The molecule has 1 aromatic heterocycles. The van der Waals surface area contributed by atoms with Crippen LogP contribution in [-0.2, 0) is 15.0 Å². The second-order valence-corrected chi connectivity index (χ2v) is 10.9. The molecule has 3 heterocycles. The van der Waals surface area contributed by atoms with E-state index >= 15 is 0 Å². The van der Waals surface area contributed by atoms with Crippen LogP contribution in [0, 0.1) is 0 Å². The molecular formula is C26H23N3O2STe. The van der Waals surface area contributed by atoms with Crippen molar-refractivity contribution < 1.29 is 9.59 Å². The van der Waals surface area contributed by atoms with Crippen LogP contribution in [0.4, 0.5) is 16.4 Å². The van der Waals surface area contributed by atoms with Crippen molar-refractivity contribution in [2.24, 2.45) is 0 Å². The van der Waals surface area contributed by atoms with Crippen molar-refractivity contribution >= 4 is 71.2 Å². The predicted octanol–water partition coefficient (Wildman–Crippen LogP) is 4.43. The van der Waals surface area contributed by atoms with E-state index in [1.165, 1.54) is 20.9 Å². The quantitative estimate of drug-likeness (QED) is 0.261. The topological polar surface area (TPSA) is 43.9 Å². The Kier molecular flexibility index (Phi) is 5.32. The maximum absolute atomic E-state index is 12.9. The number of nitrogens with zero attached hydrogens (tertiary/aromatic N) is 3. The summed E-state index contributed by atoms with van der Waals surface area (Å²) in [5.74, 6) is -0.542. The molecule has 0 saturated carbocycles. The van der Waals surface area contributed by atoms with E-state index in [1.807, 2.05) is 18.2 Å². The molecule has 0 unspecified atom stereocenters. The van der Waals surface area contributed by atoms with Gasteiger partial charge in [-0.15, -0.1) is 0 Å². The molecule has 166 valence electrons. The molecule has 2 amide bonds. The Balaban J connectivity index is 1.69. The van der Waals surface area contributed by atoms with Gasteiger partial charge in [-0.25, -0.2) is 0 Å². The Morgan fingerprint density at radius 2 is 1.48 bits per heavy atom. The van der Waals surface area contributed by atoms with Gasteiger partial charge in [0.15, 0.2) is 0 Å². The average Bonchev–Trinajstić information content (AvgIpc) is 3.25. The number of benzene rings is 2. The third kappa shape index (κ3) is 3.38. The van der Waals surface area contributed by atoms with Gasteiger partial charge in [-0.2, -0.15) is 0 Å². The summed E-state index contributed by atoms with van der Waals surface area (Å²) in [6, 6.07) is 20.9. The van der Waals surface area contributed by atoms with E-state index in [9.17, 15) is 9.59 Å². The number of likely N-dealkylation sites (N-methyl/N-ethyl adjacent to an activating group) is 2. The van der Waals surface area contributed by atoms with Gasteiger partial charge in [0.1, 0.15) is 0 Å². The summed E-state index contributed by atoms with van der Waals surface area (Å²) in [4.78, 5) is 32.1. The van der Waals surface area contributed by atoms with Gasteiger partial charge in [-0.1, -0.05) is 6.07 Å². The first kappa shape index (κ1) is 22.1. The molecule has 5 rings (SSSR count). The minimum atomic E-state index is -0.271. The number of carbonyl (C=O) groups excluding carboxylic acids is 2. The molecule has 0 radical (unpaired) electrons. The number of thiophene rings is 1. The van der Waals surface area contributed by atoms with Crippen LogP contribution in [0.5, 0.6) is 0 Å². The SMILES string of the molecule is CN1C(=O)C(=Cc2cc3c(s2)N(c2ccccc2)c2ccccc2C3(C)C)C(=O)N(C)C1=[Te]. The summed E-state index contributed by atoms with van der Waals surface area (Å²) in [5.41, 5.74) is 4.63. The van der Waals surface area contributed by atoms with E-state index in [1.54, 1.807) is 53.3 Å². The summed E-state index contributed by atoms with van der Waals surface area (Å²) in [6.45, 7) is 4.46. The average molecular weight is 569 g/mol. The Labute approximate surface area is 210 Å². The van der Waals surface area contributed by atoms with Crippen LogP contribution in [0.2, 0.25) is 0 Å². The molecule has 3 aromatic rings. The van der Waals surface area contributed by atoms with Gasteiger partial charge in [0.25, 0.3) is 0 Å². The summed E-state index contributed by atoms with van der Waals surface area (Å²) >= 11 is 3.30. The third-order valence-corrected chi connectivity index (χ3v) is 9.00. The molecule has 0 atom stereocenters. The first-order valence-electron chi connectivity index (χ1n) is 10.6. The van der Waals surface area contributed by atoms with Crippen molar-refractivity contribution in [1.82, 2.24) is 9.80 Å². The molecular weight excluding hydrogens is 546 g/mol. The van der Waals surface area contributed by atoms with Gasteiger partial charge in [0, 0.05) is 0 Å². The van der Waals surface area contributed by atoms with Gasteiger partial charge in [0.2, 0.25) is 0 Å². The fourth-order valence-corrected chi connectivity index (χ4v) is 6.26. The summed E-state index contributed by atoms with van der Waals surface area (Å²) < 4.78 is 0.634. The number of rotatable bonds is 2. The molecule has 1 fully saturated rings. The molecule has 2 aliphatic rings. The van der Waals surface area contributed by atoms with Gasteiger partial charge in [-0.3, -0.25) is 0 Å². The zero-order valence-corrected chi connectivity index (χ0v) is 22.0. The van der Waals surface area contributed by atoms with Crippen LogP contribution in [0.1, 0.15) is 29.9 Å². The fraction of sp³-hybridized carbons (Fsp3) is 0.192. The Bertz CT molecular complexity index is 1320. The monoisotopic (exact) mass is 571 g/mol. The number of fused-ring (bicyclic) bond motifs is 2. The van der Waals surface area contributed by atoms with Crippen LogP contribution in [0.25, 0.3) is 6.08 Å². The minimum absolute atomic E-state index is 0.188. The van der Waals surface area contributed by atoms with E-state index in [-0.39, 0.29) is 22.8 Å². The second-order valence-electron chi connectivity index (χ2n) is 8.75. The normalized spacial score (nSPS) is 17.3. The summed E-state index contributed by atoms with van der Waals surface area (Å²) in [6.07, 6.45) is 1.75. The number of hydrogen-bond donors (Lipinski definition) is 0. The number of anilines is 3. The molecule has 0 bridgehead atoms. The van der Waals surface area contributed by atoms with Gasteiger partial charge in [-0.05, 0) is 0 Å². The van der Waals surface area contributed by atoms with Crippen molar-refractivity contribution in [2.45, 2.75) is 19.3 Å². The Hall–Kier alpha value is -2.72. The van der Waals surface area contributed by atoms with E-state index in [0.717, 1.165) is 21.3 Å².